The zero-order chi connectivity index (χ0) is 13.9. The van der Waals surface area contributed by atoms with Crippen LogP contribution in [0, 0.1) is 5.92 Å². The number of furan rings is 1. The Hall–Kier alpha value is -1.33. The van der Waals surface area contributed by atoms with Crippen LogP contribution in [0.5, 0.6) is 0 Å². The van der Waals surface area contributed by atoms with Gasteiger partial charge in [0.25, 0.3) is 0 Å². The van der Waals surface area contributed by atoms with Gasteiger partial charge >= 0.3 is 0 Å². The number of carbonyl (C=O) groups excluding carboxylic acids is 1. The molecule has 0 aromatic carbocycles. The summed E-state index contributed by atoms with van der Waals surface area (Å²) in [5.74, 6) is 1.56. The van der Waals surface area contributed by atoms with E-state index in [-0.39, 0.29) is 11.9 Å². The highest BCUT2D eigenvalue weighted by molar-refractivity contribution is 5.81. The van der Waals surface area contributed by atoms with Crippen LogP contribution in [-0.2, 0) is 11.3 Å². The van der Waals surface area contributed by atoms with E-state index in [2.05, 4.69) is 15.5 Å². The van der Waals surface area contributed by atoms with Crippen LogP contribution in [-0.4, -0.2) is 42.5 Å². The molecule has 3 fully saturated rings. The fraction of sp³-hybridized carbons (Fsp3) is 0.667. The molecule has 3 aliphatic rings. The average Bonchev–Trinajstić information content (AvgIpc) is 2.99. The number of hydrogen-bond acceptors (Lipinski definition) is 4. The van der Waals surface area contributed by atoms with E-state index in [0.717, 1.165) is 18.2 Å². The van der Waals surface area contributed by atoms with Crippen LogP contribution in [0.4, 0.5) is 0 Å². The number of amides is 1. The molecule has 110 valence electrons. The Kier molecular flexibility index (Phi) is 4.08. The fourth-order valence-corrected chi connectivity index (χ4v) is 3.29. The highest BCUT2D eigenvalue weighted by Gasteiger charge is 2.35. The van der Waals surface area contributed by atoms with Gasteiger partial charge in [0, 0.05) is 12.6 Å². The summed E-state index contributed by atoms with van der Waals surface area (Å²) in [6.07, 6.45) is 4.15. The number of rotatable bonds is 5. The molecule has 4 heterocycles. The molecular weight excluding hydrogens is 254 g/mol. The van der Waals surface area contributed by atoms with Gasteiger partial charge in [0.15, 0.2) is 0 Å². The van der Waals surface area contributed by atoms with Crippen molar-refractivity contribution >= 4 is 5.91 Å². The number of piperidine rings is 3. The van der Waals surface area contributed by atoms with Crippen LogP contribution >= 0.6 is 0 Å². The molecule has 0 radical (unpaired) electrons. The van der Waals surface area contributed by atoms with Crippen LogP contribution in [0.3, 0.4) is 0 Å². The Morgan fingerprint density at radius 2 is 2.30 bits per heavy atom. The lowest BCUT2D eigenvalue weighted by Gasteiger charge is -2.45. The van der Waals surface area contributed by atoms with E-state index in [0.29, 0.717) is 12.6 Å². The van der Waals surface area contributed by atoms with E-state index in [9.17, 15) is 4.79 Å². The van der Waals surface area contributed by atoms with Gasteiger partial charge in [0.05, 0.1) is 18.8 Å². The lowest BCUT2D eigenvalue weighted by molar-refractivity contribution is -0.123. The topological polar surface area (TPSA) is 57.5 Å². The van der Waals surface area contributed by atoms with Gasteiger partial charge in [0.2, 0.25) is 5.91 Å². The summed E-state index contributed by atoms with van der Waals surface area (Å²) in [6.45, 7) is 5.93. The van der Waals surface area contributed by atoms with Crippen molar-refractivity contribution in [2.45, 2.75) is 38.4 Å². The lowest BCUT2D eigenvalue weighted by atomic mass is 9.83. The molecule has 20 heavy (non-hydrogen) atoms. The van der Waals surface area contributed by atoms with E-state index in [1.165, 1.54) is 25.9 Å². The number of hydrogen-bond donors (Lipinski definition) is 2. The number of nitrogens with one attached hydrogen (secondary N) is 2. The minimum Gasteiger partial charge on any atom is -0.467 e. The van der Waals surface area contributed by atoms with Gasteiger partial charge < -0.3 is 20.0 Å². The molecule has 1 aromatic rings. The normalized spacial score (nSPS) is 30.1. The third-order valence-electron chi connectivity index (χ3n) is 4.53. The average molecular weight is 277 g/mol. The number of carbonyl (C=O) groups is 1. The van der Waals surface area contributed by atoms with Crippen LogP contribution in [0.1, 0.15) is 25.5 Å². The smallest absolute Gasteiger partial charge is 0.237 e. The highest BCUT2D eigenvalue weighted by atomic mass is 16.3. The minimum atomic E-state index is -0.157. The van der Waals surface area contributed by atoms with Crippen molar-refractivity contribution in [3.8, 4) is 0 Å². The predicted molar refractivity (Wildman–Crippen MR) is 76.1 cm³/mol. The Morgan fingerprint density at radius 3 is 2.90 bits per heavy atom. The molecule has 5 nitrogen and oxygen atoms in total. The van der Waals surface area contributed by atoms with Crippen LogP contribution in [0.15, 0.2) is 22.8 Å². The third kappa shape index (κ3) is 3.04. The maximum atomic E-state index is 12.1. The van der Waals surface area contributed by atoms with Crippen molar-refractivity contribution in [1.29, 1.82) is 0 Å². The second-order valence-corrected chi connectivity index (χ2v) is 5.93. The van der Waals surface area contributed by atoms with E-state index >= 15 is 0 Å². The van der Waals surface area contributed by atoms with E-state index in [1.807, 2.05) is 19.1 Å². The van der Waals surface area contributed by atoms with Gasteiger partial charge in [0.1, 0.15) is 5.76 Å². The first kappa shape index (κ1) is 13.6. The van der Waals surface area contributed by atoms with E-state index in [1.54, 1.807) is 6.26 Å². The van der Waals surface area contributed by atoms with Gasteiger partial charge in [-0.3, -0.25) is 4.79 Å². The molecule has 5 heteroatoms. The molecule has 0 aliphatic carbocycles. The van der Waals surface area contributed by atoms with Crippen molar-refractivity contribution in [3.63, 3.8) is 0 Å². The molecule has 3 saturated heterocycles. The molecular formula is C15H23N3O2. The third-order valence-corrected chi connectivity index (χ3v) is 4.53. The molecule has 4 rings (SSSR count). The minimum absolute atomic E-state index is 0.0397. The molecule has 3 aliphatic heterocycles. The summed E-state index contributed by atoms with van der Waals surface area (Å²) < 4.78 is 5.21. The molecule has 1 amide bonds. The quantitative estimate of drug-likeness (QED) is 0.842. The van der Waals surface area contributed by atoms with Crippen molar-refractivity contribution in [2.75, 3.05) is 19.6 Å². The van der Waals surface area contributed by atoms with Crippen molar-refractivity contribution < 1.29 is 9.21 Å². The van der Waals surface area contributed by atoms with E-state index < -0.39 is 0 Å². The summed E-state index contributed by atoms with van der Waals surface area (Å²) in [7, 11) is 0. The lowest BCUT2D eigenvalue weighted by Crippen LogP contribution is -2.59. The SMILES string of the molecule is CC(NC1CN2CCC1CC2)C(=O)NCc1ccco1. The first-order valence-corrected chi connectivity index (χ1v) is 7.51. The summed E-state index contributed by atoms with van der Waals surface area (Å²) in [5, 5.41) is 6.41. The maximum Gasteiger partial charge on any atom is 0.237 e. The first-order chi connectivity index (χ1) is 9.72. The monoisotopic (exact) mass is 277 g/mol. The van der Waals surface area contributed by atoms with Crippen LogP contribution in [0.25, 0.3) is 0 Å². The number of nitrogens with zero attached hydrogens (tertiary/aromatic N) is 1. The molecule has 2 bridgehead atoms. The standard InChI is InChI=1S/C15H23N3O2/c1-11(15(19)16-9-13-3-2-8-20-13)17-14-10-18-6-4-12(14)5-7-18/h2-3,8,11-12,14,17H,4-7,9-10H2,1H3,(H,16,19). The molecule has 1 aromatic heterocycles. The Bertz CT molecular complexity index is 438. The zero-order valence-corrected chi connectivity index (χ0v) is 12.0. The fourth-order valence-electron chi connectivity index (χ4n) is 3.29. The second kappa shape index (κ2) is 5.97. The summed E-state index contributed by atoms with van der Waals surface area (Å²) in [6, 6.07) is 4.00. The summed E-state index contributed by atoms with van der Waals surface area (Å²) in [4.78, 5) is 14.6. The maximum absolute atomic E-state index is 12.1. The van der Waals surface area contributed by atoms with E-state index in [4.69, 9.17) is 4.42 Å². The van der Waals surface area contributed by atoms with Gasteiger partial charge in [-0.05, 0) is 50.9 Å². The molecule has 0 saturated carbocycles. The van der Waals surface area contributed by atoms with Gasteiger partial charge in [-0.2, -0.15) is 0 Å². The van der Waals surface area contributed by atoms with Gasteiger partial charge in [-0.25, -0.2) is 0 Å². The largest absolute Gasteiger partial charge is 0.467 e. The van der Waals surface area contributed by atoms with Crippen molar-refractivity contribution in [1.82, 2.24) is 15.5 Å². The van der Waals surface area contributed by atoms with Crippen molar-refractivity contribution in [3.05, 3.63) is 24.2 Å². The second-order valence-electron chi connectivity index (χ2n) is 5.93. The van der Waals surface area contributed by atoms with Crippen LogP contribution in [0.2, 0.25) is 0 Å². The Balaban J connectivity index is 1.46. The highest BCUT2D eigenvalue weighted by Crippen LogP contribution is 2.27. The Labute approximate surface area is 119 Å². The zero-order valence-electron chi connectivity index (χ0n) is 12.0. The molecule has 2 atom stereocenters. The summed E-state index contributed by atoms with van der Waals surface area (Å²) >= 11 is 0. The van der Waals surface area contributed by atoms with Crippen LogP contribution < -0.4 is 10.6 Å². The summed E-state index contributed by atoms with van der Waals surface area (Å²) in [5.41, 5.74) is 0. The Morgan fingerprint density at radius 1 is 1.50 bits per heavy atom. The molecule has 2 unspecified atom stereocenters. The van der Waals surface area contributed by atoms with Gasteiger partial charge in [-0.1, -0.05) is 0 Å². The molecule has 2 N–H and O–H groups in total. The first-order valence-electron chi connectivity index (χ1n) is 7.51. The van der Waals surface area contributed by atoms with Gasteiger partial charge in [-0.15, -0.1) is 0 Å². The van der Waals surface area contributed by atoms with Crippen molar-refractivity contribution in [2.24, 2.45) is 5.92 Å². The molecule has 0 spiro atoms. The number of fused-ring (bicyclic) bond motifs is 3. The predicted octanol–water partition coefficient (Wildman–Crippen LogP) is 0.968.